The maximum atomic E-state index is 13.2. The number of carbonyl (C=O) groups excluding carboxylic acids is 1. The Bertz CT molecular complexity index is 1130. The number of amidine groups is 1. The highest BCUT2D eigenvalue weighted by Crippen LogP contribution is 2.47. The second-order valence-electron chi connectivity index (χ2n) is 6.50. The van der Waals surface area contributed by atoms with Crippen LogP contribution in [0.25, 0.3) is 5.70 Å². The van der Waals surface area contributed by atoms with Crippen LogP contribution in [-0.4, -0.2) is 22.6 Å². The largest absolute Gasteiger partial charge is 0.463 e. The first-order chi connectivity index (χ1) is 14.5. The zero-order valence-corrected chi connectivity index (χ0v) is 18.4. The molecule has 2 heterocycles. The molecule has 0 bridgehead atoms. The van der Waals surface area contributed by atoms with Crippen LogP contribution in [0.2, 0.25) is 0 Å². The van der Waals surface area contributed by atoms with Gasteiger partial charge >= 0.3 is 5.97 Å². The van der Waals surface area contributed by atoms with Crippen LogP contribution in [0.4, 0.5) is 0 Å². The third-order valence-electron chi connectivity index (χ3n) is 4.72. The van der Waals surface area contributed by atoms with Crippen molar-refractivity contribution in [3.8, 4) is 6.07 Å². The molecule has 2 aliphatic rings. The topological polar surface area (TPSA) is 91.7 Å². The van der Waals surface area contributed by atoms with Gasteiger partial charge < -0.3 is 10.5 Å². The van der Waals surface area contributed by atoms with Crippen LogP contribution in [0.3, 0.4) is 0 Å². The van der Waals surface area contributed by atoms with Gasteiger partial charge in [0.15, 0.2) is 5.17 Å². The third kappa shape index (κ3) is 3.51. The van der Waals surface area contributed by atoms with Crippen molar-refractivity contribution in [1.82, 2.24) is 4.90 Å². The van der Waals surface area contributed by atoms with Gasteiger partial charge in [-0.15, -0.1) is 0 Å². The molecule has 0 radical (unpaired) electrons. The minimum absolute atomic E-state index is 0.234. The average molecular weight is 481 g/mol. The molecule has 30 heavy (non-hydrogen) atoms. The number of benzene rings is 2. The fraction of sp³-hybridized carbons (Fsp3) is 0.136. The Kier molecular flexibility index (Phi) is 5.66. The Labute approximate surface area is 186 Å². The van der Waals surface area contributed by atoms with Crippen LogP contribution in [0, 0.1) is 11.3 Å². The number of halogens is 1. The first kappa shape index (κ1) is 20.3. The van der Waals surface area contributed by atoms with Crippen molar-refractivity contribution in [3.05, 3.63) is 86.5 Å². The Morgan fingerprint density at radius 2 is 1.97 bits per heavy atom. The van der Waals surface area contributed by atoms with Crippen molar-refractivity contribution in [2.24, 2.45) is 10.7 Å². The average Bonchev–Trinajstić information content (AvgIpc) is 3.09. The van der Waals surface area contributed by atoms with Gasteiger partial charge in [0.2, 0.25) is 0 Å². The number of nitrogens with zero attached hydrogens (tertiary/aromatic N) is 3. The highest BCUT2D eigenvalue weighted by Gasteiger charge is 2.43. The predicted octanol–water partition coefficient (Wildman–Crippen LogP) is 4.53. The maximum Gasteiger partial charge on any atom is 0.338 e. The van der Waals surface area contributed by atoms with E-state index >= 15 is 0 Å². The SMILES string of the molecule is CCOC(=O)C1=C(c2ccccc2)N=C2SC(C#N)=C(N)N2[C@H]1c1ccc(Br)cc1. The van der Waals surface area contributed by atoms with Crippen molar-refractivity contribution in [2.75, 3.05) is 6.61 Å². The van der Waals surface area contributed by atoms with E-state index in [0.717, 1.165) is 15.6 Å². The second kappa shape index (κ2) is 8.38. The van der Waals surface area contributed by atoms with Crippen LogP contribution in [0.5, 0.6) is 0 Å². The molecule has 2 aliphatic heterocycles. The number of hydrogen-bond acceptors (Lipinski definition) is 7. The summed E-state index contributed by atoms with van der Waals surface area (Å²) < 4.78 is 6.33. The molecule has 0 unspecified atom stereocenters. The summed E-state index contributed by atoms with van der Waals surface area (Å²) in [7, 11) is 0. The fourth-order valence-corrected chi connectivity index (χ4v) is 4.55. The van der Waals surface area contributed by atoms with Gasteiger partial charge in [0, 0.05) is 10.0 Å². The van der Waals surface area contributed by atoms with E-state index in [0.29, 0.717) is 21.3 Å². The number of carbonyl (C=O) groups is 1. The summed E-state index contributed by atoms with van der Waals surface area (Å²) in [6.45, 7) is 2.00. The van der Waals surface area contributed by atoms with Gasteiger partial charge in [0.1, 0.15) is 16.8 Å². The molecule has 8 heteroatoms. The van der Waals surface area contributed by atoms with Crippen LogP contribution in [-0.2, 0) is 9.53 Å². The van der Waals surface area contributed by atoms with E-state index in [2.05, 4.69) is 22.0 Å². The number of thioether (sulfide) groups is 1. The first-order valence-corrected chi connectivity index (χ1v) is 10.8. The molecule has 0 saturated heterocycles. The van der Waals surface area contributed by atoms with E-state index in [4.69, 9.17) is 15.5 Å². The molecular weight excluding hydrogens is 464 g/mol. The standard InChI is InChI=1S/C22H17BrN4O2S/c1-2-29-21(28)17-18(13-6-4-3-5-7-13)26-22-27(20(25)16(12-24)30-22)19(17)14-8-10-15(23)11-9-14/h3-11,19H,2,25H2,1H3/t19-/m0/s1. The van der Waals surface area contributed by atoms with E-state index in [9.17, 15) is 10.1 Å². The Balaban J connectivity index is 1.99. The molecule has 0 aromatic heterocycles. The van der Waals surface area contributed by atoms with Crippen molar-refractivity contribution in [2.45, 2.75) is 13.0 Å². The minimum Gasteiger partial charge on any atom is -0.463 e. The summed E-state index contributed by atoms with van der Waals surface area (Å²) in [6, 6.07) is 18.7. The number of nitrogens with two attached hydrogens (primary N) is 1. The lowest BCUT2D eigenvalue weighted by atomic mass is 9.92. The summed E-state index contributed by atoms with van der Waals surface area (Å²) >= 11 is 4.66. The molecule has 2 aromatic rings. The van der Waals surface area contributed by atoms with Gasteiger partial charge in [0.05, 0.1) is 23.9 Å². The number of allylic oxidation sites excluding steroid dienone is 1. The summed E-state index contributed by atoms with van der Waals surface area (Å²) in [5.41, 5.74) is 8.86. The van der Waals surface area contributed by atoms with Crippen molar-refractivity contribution in [1.29, 1.82) is 5.26 Å². The smallest absolute Gasteiger partial charge is 0.338 e. The van der Waals surface area contributed by atoms with E-state index in [1.54, 1.807) is 11.8 Å². The number of hydrogen-bond donors (Lipinski definition) is 1. The Morgan fingerprint density at radius 1 is 1.27 bits per heavy atom. The fourth-order valence-electron chi connectivity index (χ4n) is 3.42. The van der Waals surface area contributed by atoms with Crippen molar-refractivity contribution >= 4 is 44.5 Å². The second-order valence-corrected chi connectivity index (χ2v) is 8.39. The maximum absolute atomic E-state index is 13.2. The van der Waals surface area contributed by atoms with Crippen LogP contribution in [0.15, 0.2) is 80.4 Å². The molecule has 2 aromatic carbocycles. The van der Waals surface area contributed by atoms with Crippen LogP contribution >= 0.6 is 27.7 Å². The summed E-state index contributed by atoms with van der Waals surface area (Å²) in [5.74, 6) is -0.182. The van der Waals surface area contributed by atoms with Crippen LogP contribution in [0.1, 0.15) is 24.1 Å². The molecule has 0 fully saturated rings. The van der Waals surface area contributed by atoms with Gasteiger partial charge in [-0.25, -0.2) is 9.79 Å². The van der Waals surface area contributed by atoms with Crippen LogP contribution < -0.4 is 5.73 Å². The van der Waals surface area contributed by atoms with Gasteiger partial charge in [-0.05, 0) is 36.4 Å². The van der Waals surface area contributed by atoms with E-state index < -0.39 is 12.0 Å². The predicted molar refractivity (Wildman–Crippen MR) is 121 cm³/mol. The highest BCUT2D eigenvalue weighted by atomic mass is 79.9. The van der Waals surface area contributed by atoms with Gasteiger partial charge in [-0.3, -0.25) is 4.90 Å². The third-order valence-corrected chi connectivity index (χ3v) is 6.22. The van der Waals surface area contributed by atoms with Gasteiger partial charge in [0.25, 0.3) is 0 Å². The zero-order valence-electron chi connectivity index (χ0n) is 16.0. The van der Waals surface area contributed by atoms with Crippen molar-refractivity contribution < 1.29 is 9.53 Å². The summed E-state index contributed by atoms with van der Waals surface area (Å²) in [6.07, 6.45) is 0. The Morgan fingerprint density at radius 3 is 2.60 bits per heavy atom. The van der Waals surface area contributed by atoms with E-state index in [-0.39, 0.29) is 12.4 Å². The molecule has 0 saturated carbocycles. The molecule has 0 amide bonds. The molecule has 150 valence electrons. The molecule has 6 nitrogen and oxygen atoms in total. The Hall–Kier alpha value is -3.02. The number of esters is 1. The molecule has 0 spiro atoms. The van der Waals surface area contributed by atoms with Crippen molar-refractivity contribution in [3.63, 3.8) is 0 Å². The summed E-state index contributed by atoms with van der Waals surface area (Å²) in [5, 5.41) is 10.1. The summed E-state index contributed by atoms with van der Waals surface area (Å²) in [4.78, 5) is 20.0. The number of rotatable bonds is 4. The van der Waals surface area contributed by atoms with E-state index in [1.165, 1.54) is 11.8 Å². The lowest BCUT2D eigenvalue weighted by Gasteiger charge is -2.35. The number of aliphatic imine (C=N–C) groups is 1. The highest BCUT2D eigenvalue weighted by molar-refractivity contribution is 9.10. The number of fused-ring (bicyclic) bond motifs is 1. The lowest BCUT2D eigenvalue weighted by molar-refractivity contribution is -0.139. The first-order valence-electron chi connectivity index (χ1n) is 9.23. The minimum atomic E-state index is -0.571. The zero-order chi connectivity index (χ0) is 21.3. The lowest BCUT2D eigenvalue weighted by Crippen LogP contribution is -2.38. The number of ether oxygens (including phenoxy) is 1. The monoisotopic (exact) mass is 480 g/mol. The molecule has 1 atom stereocenters. The number of nitriles is 1. The quantitative estimate of drug-likeness (QED) is 0.645. The molecule has 4 rings (SSSR count). The van der Waals surface area contributed by atoms with Gasteiger partial charge in [-0.2, -0.15) is 5.26 Å². The van der Waals surface area contributed by atoms with E-state index in [1.807, 2.05) is 54.6 Å². The molecule has 2 N–H and O–H groups in total. The molecular formula is C22H17BrN4O2S. The molecule has 0 aliphatic carbocycles. The van der Waals surface area contributed by atoms with Gasteiger partial charge in [-0.1, -0.05) is 58.4 Å². The normalized spacial score (nSPS) is 18.1.